The third-order valence-electron chi connectivity index (χ3n) is 0.293. The molecular weight excluding hydrogens is 322 g/mol. The van der Waals surface area contributed by atoms with E-state index in [0.29, 0.717) is 0 Å². The van der Waals surface area contributed by atoms with Gasteiger partial charge < -0.3 is 4.43 Å². The molecule has 0 spiro atoms. The van der Waals surface area contributed by atoms with Gasteiger partial charge in [-0.15, -0.1) is 0 Å². The molecule has 0 atom stereocenters. The van der Waals surface area contributed by atoms with Gasteiger partial charge in [0.1, 0.15) is 0 Å². The van der Waals surface area contributed by atoms with Gasteiger partial charge in [0.15, 0.2) is 0 Å². The maximum atomic E-state index is 5.15. The summed E-state index contributed by atoms with van der Waals surface area (Å²) >= 11 is 4.69. The van der Waals surface area contributed by atoms with Crippen LogP contribution in [0.2, 0.25) is 0 Å². The van der Waals surface area contributed by atoms with Crippen molar-refractivity contribution in [2.24, 2.45) is 0 Å². The van der Waals surface area contributed by atoms with E-state index in [1.807, 2.05) is 6.92 Å². The second-order valence-electron chi connectivity index (χ2n) is 0.716. The molecule has 0 aliphatic rings. The van der Waals surface area contributed by atoms with Crippen molar-refractivity contribution in [1.82, 2.24) is 0 Å². The Morgan fingerprint density at radius 1 is 1.67 bits per heavy atom. The van der Waals surface area contributed by atoms with Crippen molar-refractivity contribution in [3.05, 3.63) is 0 Å². The lowest BCUT2D eigenvalue weighted by Crippen LogP contribution is -1.97. The predicted octanol–water partition coefficient (Wildman–Crippen LogP) is 1.61. The van der Waals surface area contributed by atoms with Gasteiger partial charge in [-0.2, -0.15) is 0 Å². The SMILES string of the molecule is CCO[SiH](I)I. The minimum absolute atomic E-state index is 0.731. The van der Waals surface area contributed by atoms with Crippen molar-refractivity contribution < 1.29 is 4.43 Å². The Labute approximate surface area is 65.0 Å². The summed E-state index contributed by atoms with van der Waals surface area (Å²) in [5.41, 5.74) is 0. The van der Waals surface area contributed by atoms with Crippen LogP contribution in [0.1, 0.15) is 6.92 Å². The average molecular weight is 328 g/mol. The van der Waals surface area contributed by atoms with Crippen LogP contribution in [-0.2, 0) is 4.43 Å². The number of halogens is 2. The minimum Gasteiger partial charge on any atom is -0.402 e. The number of hydrogen-bond acceptors (Lipinski definition) is 1. The fraction of sp³-hybridized carbons (Fsp3) is 1.00. The van der Waals surface area contributed by atoms with Crippen molar-refractivity contribution in [2.75, 3.05) is 6.61 Å². The van der Waals surface area contributed by atoms with Crippen molar-refractivity contribution in [3.8, 4) is 0 Å². The summed E-state index contributed by atoms with van der Waals surface area (Å²) in [4.78, 5) is 0. The molecule has 0 radical (unpaired) electrons. The summed E-state index contributed by atoms with van der Waals surface area (Å²) in [6, 6.07) is 0. The first-order chi connectivity index (χ1) is 2.77. The van der Waals surface area contributed by atoms with Crippen LogP contribution >= 0.6 is 43.6 Å². The zero-order valence-electron chi connectivity index (χ0n) is 3.45. The molecule has 0 saturated heterocycles. The second-order valence-corrected chi connectivity index (χ2v) is 15.5. The molecule has 0 heterocycles. The van der Waals surface area contributed by atoms with Crippen LogP contribution in [0.4, 0.5) is 0 Å². The van der Waals surface area contributed by atoms with E-state index < -0.39 is 4.03 Å². The molecule has 0 N–H and O–H groups in total. The van der Waals surface area contributed by atoms with Crippen molar-refractivity contribution in [3.63, 3.8) is 0 Å². The lowest BCUT2D eigenvalue weighted by Gasteiger charge is -1.94. The lowest BCUT2D eigenvalue weighted by atomic mass is 10.9. The Morgan fingerprint density at radius 3 is 2.17 bits per heavy atom. The van der Waals surface area contributed by atoms with E-state index in [4.69, 9.17) is 4.43 Å². The van der Waals surface area contributed by atoms with E-state index in [1.165, 1.54) is 0 Å². The fourth-order valence-electron chi connectivity index (χ4n) is 0.126. The van der Waals surface area contributed by atoms with Gasteiger partial charge in [-0.05, 0) is 6.92 Å². The number of hydrogen-bond donors (Lipinski definition) is 0. The largest absolute Gasteiger partial charge is 0.402 e. The van der Waals surface area contributed by atoms with Crippen LogP contribution in [0.15, 0.2) is 0 Å². The van der Waals surface area contributed by atoms with Gasteiger partial charge in [0.2, 0.25) is 0 Å². The first-order valence-corrected chi connectivity index (χ1v) is 10.5. The van der Waals surface area contributed by atoms with Gasteiger partial charge >= 0.3 is 4.03 Å². The van der Waals surface area contributed by atoms with Gasteiger partial charge in [0.05, 0.1) is 0 Å². The summed E-state index contributed by atoms with van der Waals surface area (Å²) < 4.78 is 4.42. The monoisotopic (exact) mass is 328 g/mol. The van der Waals surface area contributed by atoms with E-state index in [1.54, 1.807) is 0 Å². The molecule has 0 aromatic heterocycles. The van der Waals surface area contributed by atoms with Crippen LogP contribution in [0.3, 0.4) is 0 Å². The molecule has 0 fully saturated rings. The molecule has 0 aliphatic heterocycles. The van der Waals surface area contributed by atoms with Crippen LogP contribution in [0.5, 0.6) is 0 Å². The quantitative estimate of drug-likeness (QED) is 0.425. The Kier molecular flexibility index (Phi) is 6.09. The summed E-state index contributed by atoms with van der Waals surface area (Å²) in [5, 5.41) is 0. The van der Waals surface area contributed by atoms with E-state index >= 15 is 0 Å². The maximum Gasteiger partial charge on any atom is 0.309 e. The molecule has 0 aromatic rings. The lowest BCUT2D eigenvalue weighted by molar-refractivity contribution is 0.372. The van der Waals surface area contributed by atoms with Crippen molar-refractivity contribution in [1.29, 1.82) is 0 Å². The van der Waals surface area contributed by atoms with Crippen molar-refractivity contribution >= 4 is 47.6 Å². The summed E-state index contributed by atoms with van der Waals surface area (Å²) in [5.74, 6) is 0. The predicted molar refractivity (Wildman–Crippen MR) is 46.8 cm³/mol. The van der Waals surface area contributed by atoms with Crippen LogP contribution in [0, 0.1) is 0 Å². The van der Waals surface area contributed by atoms with Crippen LogP contribution in [0.25, 0.3) is 0 Å². The Bertz CT molecular complexity index is 32.7. The third-order valence-corrected chi connectivity index (χ3v) is 3.04. The normalized spacial score (nSPS) is 10.0. The zero-order chi connectivity index (χ0) is 4.99. The standard InChI is InChI=1S/C2H6I2OSi/c1-2-5-6(3)4/h6H,2H2,1H3. The summed E-state index contributed by atoms with van der Waals surface area (Å²) in [6.45, 7) is 2.90. The van der Waals surface area contributed by atoms with Gasteiger partial charge in [-0.3, -0.25) is 0 Å². The molecule has 0 aliphatic carbocycles. The molecule has 0 rings (SSSR count). The van der Waals surface area contributed by atoms with Gasteiger partial charge in [0.25, 0.3) is 0 Å². The van der Waals surface area contributed by atoms with E-state index in [0.717, 1.165) is 6.61 Å². The smallest absolute Gasteiger partial charge is 0.309 e. The maximum absolute atomic E-state index is 5.15. The Hall–Kier alpha value is 1.64. The van der Waals surface area contributed by atoms with Crippen LogP contribution < -0.4 is 0 Å². The molecule has 0 saturated carbocycles. The highest BCUT2D eigenvalue weighted by atomic mass is 127. The van der Waals surface area contributed by atoms with Crippen LogP contribution in [-0.4, -0.2) is 10.6 Å². The zero-order valence-corrected chi connectivity index (χ0v) is 8.92. The van der Waals surface area contributed by atoms with Gasteiger partial charge in [-0.25, -0.2) is 0 Å². The molecule has 4 heteroatoms. The second kappa shape index (κ2) is 4.79. The molecule has 0 bridgehead atoms. The van der Waals surface area contributed by atoms with Crippen molar-refractivity contribution in [2.45, 2.75) is 6.92 Å². The van der Waals surface area contributed by atoms with Gasteiger partial charge in [-0.1, -0.05) is 43.6 Å². The molecule has 6 heavy (non-hydrogen) atoms. The first kappa shape index (κ1) is 7.64. The average Bonchev–Trinajstić information content (AvgIpc) is 1.35. The third kappa shape index (κ3) is 5.64. The molecule has 1 nitrogen and oxygen atoms in total. The highest BCUT2D eigenvalue weighted by Gasteiger charge is 1.93. The first-order valence-electron chi connectivity index (χ1n) is 1.67. The van der Waals surface area contributed by atoms with E-state index in [9.17, 15) is 0 Å². The number of rotatable bonds is 2. The Balaban J connectivity index is 2.63. The topological polar surface area (TPSA) is 9.23 Å². The molecule has 0 unspecified atom stereocenters. The van der Waals surface area contributed by atoms with Gasteiger partial charge in [0, 0.05) is 6.61 Å². The Morgan fingerprint density at radius 2 is 2.17 bits per heavy atom. The minimum atomic E-state index is -0.731. The highest BCUT2D eigenvalue weighted by Crippen LogP contribution is 2.03. The highest BCUT2D eigenvalue weighted by molar-refractivity contribution is 14.3. The summed E-state index contributed by atoms with van der Waals surface area (Å²) in [7, 11) is 0. The molecule has 38 valence electrons. The fourth-order valence-corrected chi connectivity index (χ4v) is 2.54. The molecule has 0 amide bonds. The molecular formula is C2H6I2OSi. The molecule has 0 aromatic carbocycles. The van der Waals surface area contributed by atoms with E-state index in [2.05, 4.69) is 43.6 Å². The summed E-state index contributed by atoms with van der Waals surface area (Å²) in [6.07, 6.45) is 0. The van der Waals surface area contributed by atoms with E-state index in [-0.39, 0.29) is 0 Å².